The van der Waals surface area contributed by atoms with E-state index in [1.165, 1.54) is 9.80 Å². The van der Waals surface area contributed by atoms with Gasteiger partial charge in [-0.15, -0.1) is 0 Å². The normalized spacial score (nSPS) is 20.9. The number of likely N-dealkylation sites (tertiary alicyclic amines) is 2. The van der Waals surface area contributed by atoms with E-state index < -0.39 is 58.1 Å². The molecule has 1 unspecified atom stereocenters. The molecule has 0 radical (unpaired) electrons. The van der Waals surface area contributed by atoms with Crippen molar-refractivity contribution in [2.75, 3.05) is 13.1 Å². The average Bonchev–Trinajstić information content (AvgIpc) is 2.89. The molecule has 0 spiro atoms. The van der Waals surface area contributed by atoms with Crippen LogP contribution in [0.25, 0.3) is 0 Å². The van der Waals surface area contributed by atoms with Gasteiger partial charge in [0.15, 0.2) is 0 Å². The minimum Gasteiger partial charge on any atom is -0.324 e. The third kappa shape index (κ3) is 6.50. The first-order chi connectivity index (χ1) is 16.8. The second kappa shape index (κ2) is 12.0. The average molecular weight is 507 g/mol. The molecule has 2 fully saturated rings. The minimum atomic E-state index is -0.876. The summed E-state index contributed by atoms with van der Waals surface area (Å²) in [6, 6.07) is -1.75. The van der Waals surface area contributed by atoms with Crippen molar-refractivity contribution in [1.29, 1.82) is 0 Å². The Hall–Kier alpha value is -2.78. The first-order valence-corrected chi connectivity index (χ1v) is 13.1. The molecule has 2 heterocycles. The number of piperidine rings is 2. The quantitative estimate of drug-likeness (QED) is 0.382. The van der Waals surface area contributed by atoms with Crippen LogP contribution in [0.1, 0.15) is 92.9 Å². The predicted molar refractivity (Wildman–Crippen MR) is 133 cm³/mol. The molecular formula is C26H42N4O6. The summed E-state index contributed by atoms with van der Waals surface area (Å²) in [6.45, 7) is 11.1. The molecule has 2 aliphatic rings. The molecule has 10 nitrogen and oxygen atoms in total. The maximum atomic E-state index is 13.0. The molecule has 2 atom stereocenters. The molecule has 202 valence electrons. The molecule has 4 amide bonds. The fourth-order valence-corrected chi connectivity index (χ4v) is 4.35. The van der Waals surface area contributed by atoms with Crippen LogP contribution >= 0.6 is 0 Å². The highest BCUT2D eigenvalue weighted by molar-refractivity contribution is 6.38. The van der Waals surface area contributed by atoms with Gasteiger partial charge < -0.3 is 9.80 Å². The monoisotopic (exact) mass is 506 g/mol. The molecule has 0 aromatic carbocycles. The lowest BCUT2D eigenvalue weighted by molar-refractivity contribution is -0.155. The van der Waals surface area contributed by atoms with E-state index in [1.54, 1.807) is 27.7 Å². The second-order valence-corrected chi connectivity index (χ2v) is 11.1. The van der Waals surface area contributed by atoms with Gasteiger partial charge in [0, 0.05) is 23.9 Å². The van der Waals surface area contributed by atoms with Gasteiger partial charge in [0.2, 0.25) is 11.6 Å². The summed E-state index contributed by atoms with van der Waals surface area (Å²) in [5.74, 6) is -3.62. The number of ketones is 2. The van der Waals surface area contributed by atoms with E-state index in [0.29, 0.717) is 51.4 Å². The zero-order chi connectivity index (χ0) is 27.3. The van der Waals surface area contributed by atoms with Crippen LogP contribution in [0.4, 0.5) is 0 Å². The number of nitrogens with one attached hydrogen (secondary N) is 2. The summed E-state index contributed by atoms with van der Waals surface area (Å²) in [7, 11) is 0. The molecule has 2 saturated heterocycles. The molecule has 36 heavy (non-hydrogen) atoms. The van der Waals surface area contributed by atoms with Crippen molar-refractivity contribution >= 4 is 35.2 Å². The Morgan fingerprint density at radius 1 is 0.639 bits per heavy atom. The fraction of sp³-hybridized carbons (Fsp3) is 0.769. The number of carbonyl (C=O) groups excluding carboxylic acids is 6. The van der Waals surface area contributed by atoms with Gasteiger partial charge in [-0.3, -0.25) is 39.6 Å². The lowest BCUT2D eigenvalue weighted by atomic mass is 9.84. The van der Waals surface area contributed by atoms with Crippen LogP contribution < -0.4 is 10.9 Å². The van der Waals surface area contributed by atoms with Crippen LogP contribution in [0, 0.1) is 10.8 Å². The predicted octanol–water partition coefficient (Wildman–Crippen LogP) is 1.91. The molecule has 0 saturated carbocycles. The number of hydrogen-bond acceptors (Lipinski definition) is 6. The molecule has 0 aromatic rings. The number of amides is 4. The molecular weight excluding hydrogens is 464 g/mol. The molecule has 2 rings (SSSR count). The van der Waals surface area contributed by atoms with Crippen LogP contribution in [-0.2, 0) is 28.8 Å². The Labute approximate surface area is 213 Å². The Kier molecular flexibility index (Phi) is 9.79. The number of hydrazine groups is 1. The van der Waals surface area contributed by atoms with Crippen molar-refractivity contribution in [3.05, 3.63) is 0 Å². The highest BCUT2D eigenvalue weighted by Crippen LogP contribution is 2.26. The third-order valence-electron chi connectivity index (χ3n) is 7.83. The van der Waals surface area contributed by atoms with Gasteiger partial charge in [0.05, 0.1) is 0 Å². The number of carbonyl (C=O) groups is 6. The van der Waals surface area contributed by atoms with Gasteiger partial charge in [-0.25, -0.2) is 0 Å². The van der Waals surface area contributed by atoms with Gasteiger partial charge in [-0.1, -0.05) is 41.5 Å². The number of Topliss-reactive ketones (excluding diaryl/α,β-unsaturated/α-hetero) is 2. The molecule has 0 aliphatic carbocycles. The Balaban J connectivity index is 2.07. The van der Waals surface area contributed by atoms with Gasteiger partial charge >= 0.3 is 0 Å². The summed E-state index contributed by atoms with van der Waals surface area (Å²) < 4.78 is 0. The molecule has 0 aromatic heterocycles. The summed E-state index contributed by atoms with van der Waals surface area (Å²) in [5, 5.41) is 0. The van der Waals surface area contributed by atoms with Gasteiger partial charge in [0.1, 0.15) is 12.1 Å². The smallest absolute Gasteiger partial charge is 0.291 e. The van der Waals surface area contributed by atoms with Crippen molar-refractivity contribution in [2.45, 2.75) is 105 Å². The zero-order valence-electron chi connectivity index (χ0n) is 22.6. The third-order valence-corrected chi connectivity index (χ3v) is 7.83. The SMILES string of the molecule is CCC(C)(C)C(=O)C(=O)N1CCCCC1C(=O)NNC(=O)[C@@H]1CCCCN1C(=O)C(=O)C(C)(C)CC. The Morgan fingerprint density at radius 3 is 1.28 bits per heavy atom. The van der Waals surface area contributed by atoms with E-state index in [2.05, 4.69) is 10.9 Å². The van der Waals surface area contributed by atoms with Gasteiger partial charge in [-0.2, -0.15) is 0 Å². The van der Waals surface area contributed by atoms with Crippen LogP contribution in [0.2, 0.25) is 0 Å². The van der Waals surface area contributed by atoms with E-state index in [4.69, 9.17) is 0 Å². The summed E-state index contributed by atoms with van der Waals surface area (Å²) in [5.41, 5.74) is 3.12. The van der Waals surface area contributed by atoms with E-state index >= 15 is 0 Å². The van der Waals surface area contributed by atoms with E-state index in [9.17, 15) is 28.8 Å². The maximum Gasteiger partial charge on any atom is 0.291 e. The second-order valence-electron chi connectivity index (χ2n) is 11.1. The Morgan fingerprint density at radius 2 is 0.972 bits per heavy atom. The van der Waals surface area contributed by atoms with Crippen molar-refractivity contribution in [3.8, 4) is 0 Å². The molecule has 2 aliphatic heterocycles. The summed E-state index contributed by atoms with van der Waals surface area (Å²) >= 11 is 0. The minimum absolute atomic E-state index is 0.288. The zero-order valence-corrected chi connectivity index (χ0v) is 22.6. The first-order valence-electron chi connectivity index (χ1n) is 13.1. The van der Waals surface area contributed by atoms with Crippen molar-refractivity contribution in [1.82, 2.24) is 20.7 Å². The highest BCUT2D eigenvalue weighted by atomic mass is 16.2. The van der Waals surface area contributed by atoms with E-state index in [0.717, 1.165) is 0 Å². The van der Waals surface area contributed by atoms with Gasteiger partial charge in [-0.05, 0) is 51.4 Å². The van der Waals surface area contributed by atoms with Crippen molar-refractivity contribution < 1.29 is 28.8 Å². The van der Waals surface area contributed by atoms with Crippen LogP contribution in [0.15, 0.2) is 0 Å². The first kappa shape index (κ1) is 29.5. The topological polar surface area (TPSA) is 133 Å². The maximum absolute atomic E-state index is 13.0. The standard InChI is InChI=1S/C26H42N4O6/c1-7-25(3,4)19(31)23(35)29-15-11-9-13-17(29)21(33)27-28-22(34)18-14-10-12-16-30(18)24(36)20(32)26(5,6)8-2/h17-18H,7-16H2,1-6H3,(H,27,33)(H,28,34)/t17-,18?/m0/s1. The summed E-state index contributed by atoms with van der Waals surface area (Å²) in [4.78, 5) is 79.8. The van der Waals surface area contributed by atoms with Crippen LogP contribution in [0.3, 0.4) is 0 Å². The highest BCUT2D eigenvalue weighted by Gasteiger charge is 2.42. The molecule has 10 heteroatoms. The summed E-state index contributed by atoms with van der Waals surface area (Å²) in [6.07, 6.45) is 4.53. The van der Waals surface area contributed by atoms with Crippen LogP contribution in [0.5, 0.6) is 0 Å². The number of rotatable bonds is 8. The Bertz CT molecular complexity index is 825. The number of hydrogen-bond donors (Lipinski definition) is 2. The van der Waals surface area contributed by atoms with Crippen molar-refractivity contribution in [3.63, 3.8) is 0 Å². The lowest BCUT2D eigenvalue weighted by Gasteiger charge is -2.37. The molecule has 0 bridgehead atoms. The van der Waals surface area contributed by atoms with E-state index in [1.807, 2.05) is 13.8 Å². The lowest BCUT2D eigenvalue weighted by Crippen LogP contribution is -2.61. The number of nitrogens with zero attached hydrogens (tertiary/aromatic N) is 2. The van der Waals surface area contributed by atoms with Crippen LogP contribution in [-0.4, -0.2) is 70.2 Å². The fourth-order valence-electron chi connectivity index (χ4n) is 4.35. The van der Waals surface area contributed by atoms with Crippen molar-refractivity contribution in [2.24, 2.45) is 10.8 Å². The largest absolute Gasteiger partial charge is 0.324 e. The molecule has 2 N–H and O–H groups in total. The van der Waals surface area contributed by atoms with Gasteiger partial charge in [0.25, 0.3) is 23.6 Å². The van der Waals surface area contributed by atoms with E-state index in [-0.39, 0.29) is 13.1 Å².